The van der Waals surface area contributed by atoms with Gasteiger partial charge < -0.3 is 4.74 Å². The minimum atomic E-state index is -0.325. The van der Waals surface area contributed by atoms with E-state index in [1.807, 2.05) is 18.5 Å². The van der Waals surface area contributed by atoms with E-state index in [0.29, 0.717) is 12.5 Å². The van der Waals surface area contributed by atoms with Crippen molar-refractivity contribution < 1.29 is 9.53 Å². The highest BCUT2D eigenvalue weighted by molar-refractivity contribution is 5.75. The minimum absolute atomic E-state index is 0.161. The molecule has 0 aliphatic carbocycles. The molecule has 6 heteroatoms. The molecule has 108 valence electrons. The molecule has 0 aliphatic heterocycles. The van der Waals surface area contributed by atoms with Gasteiger partial charge >= 0.3 is 5.97 Å². The van der Waals surface area contributed by atoms with Crippen molar-refractivity contribution in [1.82, 2.24) is 20.1 Å². The van der Waals surface area contributed by atoms with Crippen LogP contribution in [0.5, 0.6) is 0 Å². The van der Waals surface area contributed by atoms with Crippen LogP contribution < -0.4 is 5.32 Å². The van der Waals surface area contributed by atoms with E-state index in [1.165, 1.54) is 7.11 Å². The second-order valence-corrected chi connectivity index (χ2v) is 5.38. The Bertz CT molecular complexity index is 401. The molecule has 0 saturated heterocycles. The standard InChI is InChI=1S/C13H24N4O2/c1-9(2)7-17-11(15-8-16-17)6-14-12(10(3)4)13(18)19-5/h8-10,12,14H,6-7H2,1-5H3. The summed E-state index contributed by atoms with van der Waals surface area (Å²) >= 11 is 0. The maximum absolute atomic E-state index is 11.6. The Morgan fingerprint density at radius 3 is 2.63 bits per heavy atom. The number of aromatic nitrogens is 3. The molecule has 0 fully saturated rings. The van der Waals surface area contributed by atoms with E-state index in [9.17, 15) is 4.79 Å². The second-order valence-electron chi connectivity index (χ2n) is 5.38. The van der Waals surface area contributed by atoms with Crippen molar-refractivity contribution >= 4 is 5.97 Å². The van der Waals surface area contributed by atoms with Crippen LogP contribution in [0.4, 0.5) is 0 Å². The van der Waals surface area contributed by atoms with Crippen molar-refractivity contribution in [2.24, 2.45) is 11.8 Å². The molecule has 6 nitrogen and oxygen atoms in total. The number of nitrogens with one attached hydrogen (secondary N) is 1. The zero-order valence-corrected chi connectivity index (χ0v) is 12.4. The van der Waals surface area contributed by atoms with E-state index in [1.54, 1.807) is 6.33 Å². The molecule has 0 bridgehead atoms. The molecule has 19 heavy (non-hydrogen) atoms. The van der Waals surface area contributed by atoms with E-state index in [2.05, 4.69) is 29.2 Å². The number of ether oxygens (including phenoxy) is 1. The summed E-state index contributed by atoms with van der Waals surface area (Å²) in [6.45, 7) is 9.54. The normalized spacial score (nSPS) is 13.0. The number of rotatable bonds is 7. The monoisotopic (exact) mass is 268 g/mol. The van der Waals surface area contributed by atoms with Crippen LogP contribution >= 0.6 is 0 Å². The van der Waals surface area contributed by atoms with E-state index < -0.39 is 0 Å². The first-order chi connectivity index (χ1) is 8.95. The largest absolute Gasteiger partial charge is 0.468 e. The Balaban J connectivity index is 2.64. The molecule has 0 saturated carbocycles. The number of nitrogens with zero attached hydrogens (tertiary/aromatic N) is 3. The molecule has 0 radical (unpaired) electrons. The summed E-state index contributed by atoms with van der Waals surface area (Å²) < 4.78 is 6.66. The van der Waals surface area contributed by atoms with Crippen LogP contribution in [0.1, 0.15) is 33.5 Å². The van der Waals surface area contributed by atoms with Gasteiger partial charge in [0.1, 0.15) is 18.2 Å². The summed E-state index contributed by atoms with van der Waals surface area (Å²) in [5.41, 5.74) is 0. The van der Waals surface area contributed by atoms with Crippen LogP contribution in [-0.4, -0.2) is 33.9 Å². The van der Waals surface area contributed by atoms with Gasteiger partial charge in [-0.1, -0.05) is 27.7 Å². The van der Waals surface area contributed by atoms with Crippen LogP contribution in [0.15, 0.2) is 6.33 Å². The van der Waals surface area contributed by atoms with Crippen molar-refractivity contribution in [2.75, 3.05) is 7.11 Å². The first-order valence-electron chi connectivity index (χ1n) is 6.63. The van der Waals surface area contributed by atoms with Crippen molar-refractivity contribution in [1.29, 1.82) is 0 Å². The smallest absolute Gasteiger partial charge is 0.323 e. The molecular formula is C13H24N4O2. The van der Waals surface area contributed by atoms with E-state index in [0.717, 1.165) is 12.4 Å². The summed E-state index contributed by atoms with van der Waals surface area (Å²) in [7, 11) is 1.40. The average Bonchev–Trinajstić information content (AvgIpc) is 2.75. The van der Waals surface area contributed by atoms with Gasteiger partial charge in [0.05, 0.1) is 13.7 Å². The van der Waals surface area contributed by atoms with Crippen molar-refractivity contribution in [3.05, 3.63) is 12.2 Å². The third-order valence-corrected chi connectivity index (χ3v) is 2.84. The lowest BCUT2D eigenvalue weighted by Gasteiger charge is -2.19. The first kappa shape index (κ1) is 15.6. The van der Waals surface area contributed by atoms with Gasteiger partial charge in [-0.05, 0) is 11.8 Å². The van der Waals surface area contributed by atoms with Crippen molar-refractivity contribution in [2.45, 2.75) is 46.8 Å². The predicted octanol–water partition coefficient (Wildman–Crippen LogP) is 1.22. The minimum Gasteiger partial charge on any atom is -0.468 e. The summed E-state index contributed by atoms with van der Waals surface area (Å²) in [5.74, 6) is 1.25. The molecule has 0 aromatic carbocycles. The Hall–Kier alpha value is -1.43. The van der Waals surface area contributed by atoms with Gasteiger partial charge in [-0.3, -0.25) is 10.1 Å². The Kier molecular flexibility index (Phi) is 5.95. The quantitative estimate of drug-likeness (QED) is 0.753. The van der Waals surface area contributed by atoms with Gasteiger partial charge in [0.15, 0.2) is 0 Å². The molecule has 1 unspecified atom stereocenters. The maximum atomic E-state index is 11.6. The summed E-state index contributed by atoms with van der Waals surface area (Å²) in [4.78, 5) is 15.9. The zero-order chi connectivity index (χ0) is 14.4. The fraction of sp³-hybridized carbons (Fsp3) is 0.769. The molecule has 1 N–H and O–H groups in total. The Morgan fingerprint density at radius 1 is 1.42 bits per heavy atom. The lowest BCUT2D eigenvalue weighted by Crippen LogP contribution is -2.41. The maximum Gasteiger partial charge on any atom is 0.323 e. The highest BCUT2D eigenvalue weighted by Gasteiger charge is 2.22. The SMILES string of the molecule is COC(=O)C(NCc1ncnn1CC(C)C)C(C)C. The van der Waals surface area contributed by atoms with E-state index >= 15 is 0 Å². The summed E-state index contributed by atoms with van der Waals surface area (Å²) in [6, 6.07) is -0.325. The highest BCUT2D eigenvalue weighted by atomic mass is 16.5. The number of carbonyl (C=O) groups excluding carboxylic acids is 1. The van der Waals surface area contributed by atoms with Crippen LogP contribution in [0, 0.1) is 11.8 Å². The van der Waals surface area contributed by atoms with E-state index in [-0.39, 0.29) is 17.9 Å². The van der Waals surface area contributed by atoms with Gasteiger partial charge in [-0.15, -0.1) is 0 Å². The summed E-state index contributed by atoms with van der Waals surface area (Å²) in [5, 5.41) is 7.38. The Labute approximate surface area is 114 Å². The topological polar surface area (TPSA) is 69.0 Å². The molecule has 0 aliphatic rings. The van der Waals surface area contributed by atoms with Gasteiger partial charge in [-0.2, -0.15) is 5.10 Å². The number of hydrogen-bond acceptors (Lipinski definition) is 5. The number of esters is 1. The molecule has 1 atom stereocenters. The molecule has 0 amide bonds. The second kappa shape index (κ2) is 7.23. The lowest BCUT2D eigenvalue weighted by molar-refractivity contribution is -0.144. The van der Waals surface area contributed by atoms with Crippen LogP contribution in [0.25, 0.3) is 0 Å². The molecule has 0 spiro atoms. The fourth-order valence-electron chi connectivity index (χ4n) is 1.84. The third-order valence-electron chi connectivity index (χ3n) is 2.84. The molecule has 1 aromatic rings. The molecule has 1 aromatic heterocycles. The van der Waals surface area contributed by atoms with Gasteiger partial charge in [0.25, 0.3) is 0 Å². The van der Waals surface area contributed by atoms with Crippen molar-refractivity contribution in [3.8, 4) is 0 Å². The number of methoxy groups -OCH3 is 1. The highest BCUT2D eigenvalue weighted by Crippen LogP contribution is 2.06. The Morgan fingerprint density at radius 2 is 2.11 bits per heavy atom. The number of carbonyl (C=O) groups is 1. The fourth-order valence-corrected chi connectivity index (χ4v) is 1.84. The lowest BCUT2D eigenvalue weighted by atomic mass is 10.0. The molecular weight excluding hydrogens is 244 g/mol. The van der Waals surface area contributed by atoms with E-state index in [4.69, 9.17) is 4.74 Å². The van der Waals surface area contributed by atoms with Crippen LogP contribution in [0.3, 0.4) is 0 Å². The van der Waals surface area contributed by atoms with Crippen LogP contribution in [0.2, 0.25) is 0 Å². The van der Waals surface area contributed by atoms with Gasteiger partial charge in [0, 0.05) is 6.54 Å². The molecule has 1 rings (SSSR count). The van der Waals surface area contributed by atoms with Gasteiger partial charge in [-0.25, -0.2) is 9.67 Å². The third kappa shape index (κ3) is 4.63. The zero-order valence-electron chi connectivity index (χ0n) is 12.4. The van der Waals surface area contributed by atoms with Crippen LogP contribution in [-0.2, 0) is 22.6 Å². The molecule has 1 heterocycles. The number of hydrogen-bond donors (Lipinski definition) is 1. The average molecular weight is 268 g/mol. The first-order valence-corrected chi connectivity index (χ1v) is 6.63. The predicted molar refractivity (Wildman–Crippen MR) is 72.3 cm³/mol. The van der Waals surface area contributed by atoms with Gasteiger partial charge in [0.2, 0.25) is 0 Å². The summed E-state index contributed by atoms with van der Waals surface area (Å²) in [6.07, 6.45) is 1.54. The van der Waals surface area contributed by atoms with Crippen molar-refractivity contribution in [3.63, 3.8) is 0 Å².